The lowest BCUT2D eigenvalue weighted by atomic mass is 9.82. The van der Waals surface area contributed by atoms with Crippen molar-refractivity contribution in [2.24, 2.45) is 0 Å². The van der Waals surface area contributed by atoms with Crippen LogP contribution in [0.3, 0.4) is 0 Å². The molecule has 0 spiro atoms. The van der Waals surface area contributed by atoms with E-state index in [2.05, 4.69) is 522 Å². The molecule has 610 valence electrons. The smallest absolute Gasteiger partial charge is 0.0546 e. The maximum absolute atomic E-state index is 2.46. The first-order valence-corrected chi connectivity index (χ1v) is 44.9. The Morgan fingerprint density at radius 3 is 1.01 bits per heavy atom. The molecule has 22 aromatic carbocycles. The van der Waals surface area contributed by atoms with E-state index >= 15 is 0 Å². The second kappa shape index (κ2) is 32.1. The zero-order valence-electron chi connectivity index (χ0n) is 72.5. The minimum absolute atomic E-state index is 0.0867. The van der Waals surface area contributed by atoms with Crippen molar-refractivity contribution in [1.29, 1.82) is 0 Å². The van der Waals surface area contributed by atoms with E-state index in [4.69, 9.17) is 0 Å². The second-order valence-electron chi connectivity index (χ2n) is 35.3. The highest BCUT2D eigenvalue weighted by Crippen LogP contribution is 2.57. The van der Waals surface area contributed by atoms with Crippen LogP contribution in [0.2, 0.25) is 0 Å². The number of fused-ring (bicyclic) bond motifs is 20. The van der Waals surface area contributed by atoms with Crippen molar-refractivity contribution >= 4 is 116 Å². The summed E-state index contributed by atoms with van der Waals surface area (Å²) in [5.41, 5.74) is 35.9. The highest BCUT2D eigenvalue weighted by Gasteiger charge is 2.38. The molecule has 0 aromatic heterocycles. The molecule has 1 heterocycles. The van der Waals surface area contributed by atoms with Gasteiger partial charge in [0.2, 0.25) is 0 Å². The number of hydrogen-bond donors (Lipinski definition) is 0. The van der Waals surface area contributed by atoms with E-state index in [1.165, 1.54) is 193 Å². The third-order valence-electron chi connectivity index (χ3n) is 27.3. The Bertz CT molecular complexity index is 8060. The maximum Gasteiger partial charge on any atom is 0.0546 e. The van der Waals surface area contributed by atoms with Crippen LogP contribution in [0.5, 0.6) is 0 Å². The van der Waals surface area contributed by atoms with Gasteiger partial charge in [-0.15, -0.1) is 0 Å². The second-order valence-corrected chi connectivity index (χ2v) is 35.3. The summed E-state index contributed by atoms with van der Waals surface area (Å²) >= 11 is 0. The lowest BCUT2D eigenvalue weighted by Gasteiger charge is -2.30. The molecule has 3 aliphatic rings. The molecule has 0 atom stereocenters. The van der Waals surface area contributed by atoms with Gasteiger partial charge in [-0.25, -0.2) is 0 Å². The molecular weight excluding hydrogens is 1560 g/mol. The van der Waals surface area contributed by atoms with E-state index < -0.39 is 0 Å². The fourth-order valence-electron chi connectivity index (χ4n) is 21.1. The summed E-state index contributed by atoms with van der Waals surface area (Å²) in [6.45, 7) is 9.42. The molecule has 0 fully saturated rings. The number of benzene rings is 22. The van der Waals surface area contributed by atoms with Crippen molar-refractivity contribution in [3.63, 3.8) is 0 Å². The molecule has 3 nitrogen and oxygen atoms in total. The van der Waals surface area contributed by atoms with Crippen molar-refractivity contribution in [1.82, 2.24) is 0 Å². The highest BCUT2D eigenvalue weighted by molar-refractivity contribution is 6.19. The lowest BCUT2D eigenvalue weighted by Crippen LogP contribution is -2.16. The van der Waals surface area contributed by atoms with Gasteiger partial charge in [0.05, 0.1) is 22.7 Å². The normalized spacial score (nSPS) is 12.8. The molecule has 0 N–H and O–H groups in total. The van der Waals surface area contributed by atoms with Gasteiger partial charge in [0.1, 0.15) is 0 Å². The van der Waals surface area contributed by atoms with E-state index in [1.54, 1.807) is 0 Å². The predicted octanol–water partition coefficient (Wildman–Crippen LogP) is 35.3. The van der Waals surface area contributed by atoms with Crippen molar-refractivity contribution in [3.8, 4) is 89.0 Å². The van der Waals surface area contributed by atoms with Crippen molar-refractivity contribution in [2.75, 3.05) is 14.7 Å². The van der Waals surface area contributed by atoms with Gasteiger partial charge >= 0.3 is 0 Å². The molecule has 129 heavy (non-hydrogen) atoms. The fourth-order valence-corrected chi connectivity index (χ4v) is 21.1. The van der Waals surface area contributed by atoms with Gasteiger partial charge in [0.15, 0.2) is 0 Å². The molecule has 22 aromatic rings. The summed E-state index contributed by atoms with van der Waals surface area (Å²) < 4.78 is 0. The summed E-state index contributed by atoms with van der Waals surface area (Å²) in [6.07, 6.45) is 0. The van der Waals surface area contributed by atoms with Crippen molar-refractivity contribution < 1.29 is 0 Å². The molecule has 2 aliphatic carbocycles. The molecule has 0 saturated heterocycles. The molecule has 0 amide bonds. The van der Waals surface area contributed by atoms with Crippen LogP contribution in [-0.4, -0.2) is 0 Å². The van der Waals surface area contributed by atoms with E-state index in [0.29, 0.717) is 0 Å². The SMILES string of the molecule is CC1(C)c2ccccc2-c2ccc(N(c3ccc(-c4ccccc4)cc3)c3cccc(-c4cccc5ccc6ccccc6c45)c3)cc21.CC1(C)c2ccccc2-c2ccc(N(c3ccc(-c4ccccc4)cc3)c3ccccc3-c3cccc4ccc5ccccc5c34)cc21.c1ccc2c(c1)-c1ccccc1N(c1cccc3ccc4ccccc4c13)c1ccccc1-2. The molecule has 0 unspecified atom stereocenters. The predicted molar refractivity (Wildman–Crippen MR) is 550 cm³/mol. The Morgan fingerprint density at radius 1 is 0.171 bits per heavy atom. The standard InChI is InChI=1S/2C47H35N.C32H21N/c1-47(2)43-21-10-8-18-39(43)40-30-29-37(31-44(40)47)48(36-27-25-33(26-28-36)32-13-4-3-5-14-32)45-22-11-9-19-41(45)42-20-12-16-35-24-23-34-15-6-7-17-38(34)46(35)42;1-47(2)44-21-9-8-19-42(44)43-29-28-39(31-45(43)47)48(37-26-24-33(25-27-37)32-12-4-3-5-13-32)38-17-10-16-36(30-38)41-20-11-15-35-23-22-34-14-6-7-18-40(34)46(35)41;1-2-12-24-22(10-1)20-21-23-11-9-19-31(32(23)24)33-29-17-7-5-15-27(29)25-13-3-4-14-26(25)28-16-6-8-18-30(28)33/h2*3-31H,1-2H3;1-21H. The van der Waals surface area contributed by atoms with Gasteiger partial charge < -0.3 is 14.7 Å². The van der Waals surface area contributed by atoms with Gasteiger partial charge in [-0.1, -0.05) is 422 Å². The average molecular weight is 1650 g/mol. The average Bonchev–Trinajstić information content (AvgIpc) is 1.61. The van der Waals surface area contributed by atoms with Gasteiger partial charge in [-0.2, -0.15) is 0 Å². The lowest BCUT2D eigenvalue weighted by molar-refractivity contribution is 0.660. The quantitative estimate of drug-likeness (QED) is 0.120. The van der Waals surface area contributed by atoms with Crippen LogP contribution in [0.1, 0.15) is 49.9 Å². The van der Waals surface area contributed by atoms with E-state index in [1.807, 2.05) is 0 Å². The summed E-state index contributed by atoms with van der Waals surface area (Å²) in [5, 5.41) is 15.2. The van der Waals surface area contributed by atoms with E-state index in [9.17, 15) is 0 Å². The zero-order valence-corrected chi connectivity index (χ0v) is 72.5. The summed E-state index contributed by atoms with van der Waals surface area (Å²) in [7, 11) is 0. The maximum atomic E-state index is 2.46. The minimum Gasteiger partial charge on any atom is -0.310 e. The molecule has 0 bridgehead atoms. The topological polar surface area (TPSA) is 9.72 Å². The van der Waals surface area contributed by atoms with Crippen LogP contribution < -0.4 is 14.7 Å². The summed E-state index contributed by atoms with van der Waals surface area (Å²) in [4.78, 5) is 7.33. The fraction of sp³-hybridized carbons (Fsp3) is 0.0476. The first kappa shape index (κ1) is 77.6. The van der Waals surface area contributed by atoms with E-state index in [-0.39, 0.29) is 10.8 Å². The van der Waals surface area contributed by atoms with Crippen LogP contribution in [0.15, 0.2) is 479 Å². The van der Waals surface area contributed by atoms with Gasteiger partial charge in [0.25, 0.3) is 0 Å². The van der Waals surface area contributed by atoms with Gasteiger partial charge in [-0.3, -0.25) is 0 Å². The van der Waals surface area contributed by atoms with E-state index in [0.717, 1.165) is 34.1 Å². The first-order chi connectivity index (χ1) is 63.5. The third kappa shape index (κ3) is 13.5. The number of anilines is 9. The molecule has 25 rings (SSSR count). The Kier molecular flexibility index (Phi) is 19.3. The van der Waals surface area contributed by atoms with Gasteiger partial charge in [-0.05, 0) is 239 Å². The van der Waals surface area contributed by atoms with Crippen LogP contribution in [0.25, 0.3) is 154 Å². The first-order valence-electron chi connectivity index (χ1n) is 44.9. The minimum atomic E-state index is -0.0984. The van der Waals surface area contributed by atoms with Crippen LogP contribution in [0.4, 0.5) is 51.2 Å². The molecule has 0 saturated carbocycles. The number of para-hydroxylation sites is 3. The Morgan fingerprint density at radius 2 is 0.488 bits per heavy atom. The Balaban J connectivity index is 0.000000113. The van der Waals surface area contributed by atoms with Crippen LogP contribution >= 0.6 is 0 Å². The number of hydrogen-bond acceptors (Lipinski definition) is 3. The van der Waals surface area contributed by atoms with Crippen molar-refractivity contribution in [3.05, 3.63) is 501 Å². The molecular formula is C126H91N3. The van der Waals surface area contributed by atoms with Crippen molar-refractivity contribution in [2.45, 2.75) is 38.5 Å². The monoisotopic (exact) mass is 1650 g/mol. The summed E-state index contributed by atoms with van der Waals surface area (Å²) in [6, 6.07) is 175. The van der Waals surface area contributed by atoms with Crippen LogP contribution in [0, 0.1) is 0 Å². The third-order valence-corrected chi connectivity index (χ3v) is 27.3. The van der Waals surface area contributed by atoms with Crippen LogP contribution in [-0.2, 0) is 10.8 Å². The molecule has 1 aliphatic heterocycles. The van der Waals surface area contributed by atoms with Gasteiger partial charge in [0, 0.05) is 61.3 Å². The number of rotatable bonds is 11. The Labute approximate surface area is 754 Å². The zero-order chi connectivity index (χ0) is 86.3. The largest absolute Gasteiger partial charge is 0.310 e. The molecule has 0 radical (unpaired) electrons. The Hall–Kier alpha value is -16.2. The highest BCUT2D eigenvalue weighted by atomic mass is 15.2. The summed E-state index contributed by atoms with van der Waals surface area (Å²) in [5.74, 6) is 0. The molecule has 3 heteroatoms. The number of nitrogens with zero attached hydrogens (tertiary/aromatic N) is 3.